The maximum absolute atomic E-state index is 12.1. The summed E-state index contributed by atoms with van der Waals surface area (Å²) in [5.74, 6) is -0.310. The van der Waals surface area contributed by atoms with Crippen molar-refractivity contribution in [1.29, 1.82) is 0 Å². The fourth-order valence-corrected chi connectivity index (χ4v) is 2.69. The standard InChI is InChI=1S/C16H15BrClN3O3/c1-20(9-11-2-4-12(17)5-3-11)10-16(22)19-14-8-13(18)6-7-15(14)21(23)24/h2-8H,9-10H2,1H3,(H,19,22)/p+1. The van der Waals surface area contributed by atoms with Crippen LogP contribution in [0.4, 0.5) is 11.4 Å². The number of likely N-dealkylation sites (N-methyl/N-ethyl adjacent to an activating group) is 1. The molecule has 0 aromatic heterocycles. The SMILES string of the molecule is C[NH+](CC(=O)Nc1cc(Cl)ccc1[N+](=O)[O-])Cc1ccc(Br)cc1. The molecule has 1 amide bonds. The van der Waals surface area contributed by atoms with E-state index < -0.39 is 4.92 Å². The van der Waals surface area contributed by atoms with Crippen molar-refractivity contribution >= 4 is 44.8 Å². The van der Waals surface area contributed by atoms with Gasteiger partial charge in [0.15, 0.2) is 6.54 Å². The summed E-state index contributed by atoms with van der Waals surface area (Å²) in [5, 5.41) is 13.9. The second-order valence-electron chi connectivity index (χ2n) is 5.40. The molecule has 0 radical (unpaired) electrons. The lowest BCUT2D eigenvalue weighted by molar-refractivity contribution is -0.885. The highest BCUT2D eigenvalue weighted by Gasteiger charge is 2.18. The summed E-state index contributed by atoms with van der Waals surface area (Å²) in [6.07, 6.45) is 0. The molecular weight excluding hydrogens is 398 g/mol. The van der Waals surface area contributed by atoms with Crippen LogP contribution in [0.2, 0.25) is 5.02 Å². The molecule has 0 spiro atoms. The van der Waals surface area contributed by atoms with Gasteiger partial charge in [-0.25, -0.2) is 0 Å². The summed E-state index contributed by atoms with van der Waals surface area (Å²) in [6, 6.07) is 11.9. The molecule has 0 heterocycles. The van der Waals surface area contributed by atoms with Crippen LogP contribution in [0.25, 0.3) is 0 Å². The first-order valence-corrected chi connectivity index (χ1v) is 8.32. The number of nitrogens with zero attached hydrogens (tertiary/aromatic N) is 1. The van der Waals surface area contributed by atoms with Gasteiger partial charge in [-0.15, -0.1) is 0 Å². The van der Waals surface area contributed by atoms with Gasteiger partial charge < -0.3 is 10.2 Å². The fourth-order valence-electron chi connectivity index (χ4n) is 2.25. The molecule has 2 rings (SSSR count). The molecule has 126 valence electrons. The molecule has 0 aliphatic rings. The molecule has 0 aliphatic carbocycles. The van der Waals surface area contributed by atoms with Gasteiger partial charge in [-0.1, -0.05) is 39.7 Å². The summed E-state index contributed by atoms with van der Waals surface area (Å²) in [7, 11) is 1.88. The predicted octanol–water partition coefficient (Wildman–Crippen LogP) is 2.66. The third-order valence-electron chi connectivity index (χ3n) is 3.31. The van der Waals surface area contributed by atoms with E-state index in [-0.39, 0.29) is 23.8 Å². The lowest BCUT2D eigenvalue weighted by Gasteiger charge is -2.14. The van der Waals surface area contributed by atoms with Gasteiger partial charge in [-0.3, -0.25) is 14.9 Å². The number of nitro benzene ring substituents is 1. The first-order chi connectivity index (χ1) is 11.3. The highest BCUT2D eigenvalue weighted by molar-refractivity contribution is 9.10. The van der Waals surface area contributed by atoms with E-state index in [4.69, 9.17) is 11.6 Å². The van der Waals surface area contributed by atoms with Crippen LogP contribution in [0.1, 0.15) is 5.56 Å². The van der Waals surface area contributed by atoms with Crippen LogP contribution < -0.4 is 10.2 Å². The molecule has 1 atom stereocenters. The molecule has 2 aromatic rings. The molecule has 0 saturated carbocycles. The molecule has 2 N–H and O–H groups in total. The number of rotatable bonds is 6. The summed E-state index contributed by atoms with van der Waals surface area (Å²) in [5.41, 5.74) is 1.02. The maximum atomic E-state index is 12.1. The van der Waals surface area contributed by atoms with Crippen molar-refractivity contribution in [3.05, 3.63) is 67.6 Å². The maximum Gasteiger partial charge on any atom is 0.292 e. The second kappa shape index (κ2) is 8.23. The Morgan fingerprint density at radius 3 is 2.58 bits per heavy atom. The van der Waals surface area contributed by atoms with E-state index in [0.29, 0.717) is 11.6 Å². The lowest BCUT2D eigenvalue weighted by atomic mass is 10.2. The summed E-state index contributed by atoms with van der Waals surface area (Å²) in [6.45, 7) is 0.845. The molecule has 6 nitrogen and oxygen atoms in total. The van der Waals surface area contributed by atoms with E-state index >= 15 is 0 Å². The average Bonchev–Trinajstić information content (AvgIpc) is 2.49. The van der Waals surface area contributed by atoms with Gasteiger partial charge in [0.1, 0.15) is 12.2 Å². The molecular formula is C16H16BrClN3O3+. The Balaban J connectivity index is 1.99. The second-order valence-corrected chi connectivity index (χ2v) is 6.76. The van der Waals surface area contributed by atoms with Gasteiger partial charge in [0.2, 0.25) is 0 Å². The van der Waals surface area contributed by atoms with Gasteiger partial charge in [0, 0.05) is 21.1 Å². The van der Waals surface area contributed by atoms with E-state index in [0.717, 1.165) is 14.9 Å². The van der Waals surface area contributed by atoms with Crippen LogP contribution in [0.5, 0.6) is 0 Å². The van der Waals surface area contributed by atoms with Crippen molar-refractivity contribution in [3.63, 3.8) is 0 Å². The Morgan fingerprint density at radius 2 is 1.96 bits per heavy atom. The van der Waals surface area contributed by atoms with E-state index in [1.165, 1.54) is 18.2 Å². The largest absolute Gasteiger partial charge is 0.326 e. The third-order valence-corrected chi connectivity index (χ3v) is 4.07. The van der Waals surface area contributed by atoms with Crippen LogP contribution in [0.15, 0.2) is 46.9 Å². The van der Waals surface area contributed by atoms with Crippen LogP contribution in [0, 0.1) is 10.1 Å². The first kappa shape index (κ1) is 18.4. The zero-order valence-electron chi connectivity index (χ0n) is 12.9. The average molecular weight is 414 g/mol. The number of amides is 1. The Bertz CT molecular complexity index is 753. The van der Waals surface area contributed by atoms with Gasteiger partial charge in [-0.2, -0.15) is 0 Å². The van der Waals surface area contributed by atoms with Crippen molar-refractivity contribution in [2.45, 2.75) is 6.54 Å². The van der Waals surface area contributed by atoms with Gasteiger partial charge in [0.25, 0.3) is 11.6 Å². The number of halogens is 2. The number of nitro groups is 1. The molecule has 0 saturated heterocycles. The van der Waals surface area contributed by atoms with Crippen molar-refractivity contribution in [1.82, 2.24) is 0 Å². The number of anilines is 1. The number of quaternary nitrogens is 1. The van der Waals surface area contributed by atoms with Crippen LogP contribution in [0.3, 0.4) is 0 Å². The topological polar surface area (TPSA) is 76.7 Å². The summed E-state index contributed by atoms with van der Waals surface area (Å²) < 4.78 is 0.995. The molecule has 24 heavy (non-hydrogen) atoms. The number of hydrogen-bond donors (Lipinski definition) is 2. The Labute approximate surface area is 152 Å². The molecule has 0 fully saturated rings. The molecule has 0 aliphatic heterocycles. The van der Waals surface area contributed by atoms with E-state index in [2.05, 4.69) is 21.2 Å². The van der Waals surface area contributed by atoms with Gasteiger partial charge in [0.05, 0.1) is 12.0 Å². The van der Waals surface area contributed by atoms with Crippen molar-refractivity contribution in [2.24, 2.45) is 0 Å². The molecule has 8 heteroatoms. The molecule has 1 unspecified atom stereocenters. The van der Waals surface area contributed by atoms with E-state index in [1.807, 2.05) is 31.3 Å². The summed E-state index contributed by atoms with van der Waals surface area (Å²) in [4.78, 5) is 23.6. The monoisotopic (exact) mass is 412 g/mol. The quantitative estimate of drug-likeness (QED) is 0.565. The predicted molar refractivity (Wildman–Crippen MR) is 96.3 cm³/mol. The number of benzene rings is 2. The Kier molecular flexibility index (Phi) is 6.30. The first-order valence-electron chi connectivity index (χ1n) is 7.14. The van der Waals surface area contributed by atoms with Crippen molar-refractivity contribution in [3.8, 4) is 0 Å². The highest BCUT2D eigenvalue weighted by atomic mass is 79.9. The zero-order chi connectivity index (χ0) is 17.7. The summed E-state index contributed by atoms with van der Waals surface area (Å²) >= 11 is 9.22. The van der Waals surface area contributed by atoms with Crippen LogP contribution in [-0.4, -0.2) is 24.4 Å². The normalized spacial score (nSPS) is 11.8. The minimum absolute atomic E-state index is 0.106. The van der Waals surface area contributed by atoms with Crippen molar-refractivity contribution < 1.29 is 14.6 Å². The third kappa shape index (κ3) is 5.30. The van der Waals surface area contributed by atoms with Crippen LogP contribution in [-0.2, 0) is 11.3 Å². The van der Waals surface area contributed by atoms with Gasteiger partial charge in [-0.05, 0) is 24.3 Å². The smallest absolute Gasteiger partial charge is 0.292 e. The van der Waals surface area contributed by atoms with Crippen molar-refractivity contribution in [2.75, 3.05) is 18.9 Å². The molecule has 0 bridgehead atoms. The zero-order valence-corrected chi connectivity index (χ0v) is 15.2. The lowest BCUT2D eigenvalue weighted by Crippen LogP contribution is -3.08. The fraction of sp³-hybridized carbons (Fsp3) is 0.188. The van der Waals surface area contributed by atoms with E-state index in [9.17, 15) is 14.9 Å². The number of carbonyl (C=O) groups excluding carboxylic acids is 1. The minimum atomic E-state index is -0.551. The minimum Gasteiger partial charge on any atom is -0.326 e. The number of nitrogens with one attached hydrogen (secondary N) is 2. The Hall–Kier alpha value is -1.96. The number of carbonyl (C=O) groups is 1. The van der Waals surface area contributed by atoms with Gasteiger partial charge >= 0.3 is 0 Å². The Morgan fingerprint density at radius 1 is 1.29 bits per heavy atom. The highest BCUT2D eigenvalue weighted by Crippen LogP contribution is 2.27. The molecule has 2 aromatic carbocycles. The number of hydrogen-bond acceptors (Lipinski definition) is 3. The van der Waals surface area contributed by atoms with Crippen LogP contribution >= 0.6 is 27.5 Å². The van der Waals surface area contributed by atoms with E-state index in [1.54, 1.807) is 0 Å².